The van der Waals surface area contributed by atoms with Crippen LogP contribution in [0.1, 0.15) is 12.0 Å². The van der Waals surface area contributed by atoms with Crippen molar-refractivity contribution < 1.29 is 9.59 Å². The van der Waals surface area contributed by atoms with Crippen molar-refractivity contribution in [3.63, 3.8) is 0 Å². The van der Waals surface area contributed by atoms with Gasteiger partial charge in [-0.05, 0) is 71.5 Å². The third-order valence-electron chi connectivity index (χ3n) is 4.14. The lowest BCUT2D eigenvalue weighted by molar-refractivity contribution is -0.122. The van der Waals surface area contributed by atoms with Crippen LogP contribution in [0.2, 0.25) is 5.02 Å². The molecule has 1 N–H and O–H groups in total. The fourth-order valence-corrected chi connectivity index (χ4v) is 3.31. The highest BCUT2D eigenvalue weighted by Crippen LogP contribution is 2.31. The fraction of sp³-hybridized carbons (Fsp3) is 0.222. The average Bonchev–Trinajstić information content (AvgIpc) is 2.94. The lowest BCUT2D eigenvalue weighted by Gasteiger charge is -2.19. The molecular weight excluding hydrogens is 439 g/mol. The Morgan fingerprint density at radius 2 is 1.96 bits per heavy atom. The Hall–Kier alpha value is -1.60. The van der Waals surface area contributed by atoms with E-state index in [9.17, 15) is 9.59 Å². The minimum atomic E-state index is -0.366. The van der Waals surface area contributed by atoms with Gasteiger partial charge in [0.15, 0.2) is 0 Å². The van der Waals surface area contributed by atoms with Gasteiger partial charge >= 0.3 is 0 Å². The molecule has 0 saturated carbocycles. The van der Waals surface area contributed by atoms with Gasteiger partial charge in [0, 0.05) is 32.9 Å². The molecule has 0 aliphatic carbocycles. The molecule has 1 fully saturated rings. The molecule has 2 aromatic rings. The van der Waals surface area contributed by atoms with Gasteiger partial charge in [-0.1, -0.05) is 17.7 Å². The van der Waals surface area contributed by atoms with Crippen LogP contribution in [0.4, 0.5) is 11.4 Å². The number of nitrogens with one attached hydrogen (secondary N) is 1. The van der Waals surface area contributed by atoms with Crippen molar-refractivity contribution in [2.45, 2.75) is 13.3 Å². The molecule has 1 atom stereocenters. The summed E-state index contributed by atoms with van der Waals surface area (Å²) >= 11 is 8.35. The van der Waals surface area contributed by atoms with Crippen LogP contribution in [0.3, 0.4) is 0 Å². The Labute approximate surface area is 159 Å². The summed E-state index contributed by atoms with van der Waals surface area (Å²) in [7, 11) is 0. The topological polar surface area (TPSA) is 49.4 Å². The van der Waals surface area contributed by atoms with Crippen LogP contribution in [0.15, 0.2) is 42.5 Å². The van der Waals surface area contributed by atoms with E-state index < -0.39 is 0 Å². The Morgan fingerprint density at radius 3 is 2.67 bits per heavy atom. The van der Waals surface area contributed by atoms with Gasteiger partial charge in [0.2, 0.25) is 11.8 Å². The molecule has 1 saturated heterocycles. The summed E-state index contributed by atoms with van der Waals surface area (Å²) in [6.45, 7) is 2.25. The van der Waals surface area contributed by atoms with Gasteiger partial charge in [0.25, 0.3) is 0 Å². The maximum Gasteiger partial charge on any atom is 0.229 e. The summed E-state index contributed by atoms with van der Waals surface area (Å²) in [5.41, 5.74) is 2.37. The number of hydrogen-bond acceptors (Lipinski definition) is 2. The largest absolute Gasteiger partial charge is 0.326 e. The monoisotopic (exact) mass is 454 g/mol. The van der Waals surface area contributed by atoms with E-state index in [2.05, 4.69) is 27.9 Å². The van der Waals surface area contributed by atoms with Crippen molar-refractivity contribution in [3.8, 4) is 0 Å². The molecule has 3 rings (SSSR count). The number of hydrogen-bond donors (Lipinski definition) is 1. The summed E-state index contributed by atoms with van der Waals surface area (Å²) in [5.74, 6) is -0.551. The molecule has 1 heterocycles. The highest BCUT2D eigenvalue weighted by Gasteiger charge is 2.35. The number of carbonyl (C=O) groups excluding carboxylic acids is 2. The van der Waals surface area contributed by atoms with Crippen LogP contribution in [0.5, 0.6) is 0 Å². The lowest BCUT2D eigenvalue weighted by Crippen LogP contribution is -2.28. The zero-order valence-electron chi connectivity index (χ0n) is 13.1. The summed E-state index contributed by atoms with van der Waals surface area (Å²) in [6.07, 6.45) is 0.210. The van der Waals surface area contributed by atoms with E-state index in [-0.39, 0.29) is 24.2 Å². The Balaban J connectivity index is 1.73. The van der Waals surface area contributed by atoms with Crippen molar-refractivity contribution in [3.05, 3.63) is 56.6 Å². The van der Waals surface area contributed by atoms with Crippen molar-refractivity contribution in [1.82, 2.24) is 0 Å². The molecule has 24 heavy (non-hydrogen) atoms. The third-order valence-corrected chi connectivity index (χ3v) is 5.27. The number of nitrogens with zero attached hydrogens (tertiary/aromatic N) is 1. The molecule has 1 aliphatic heterocycles. The minimum absolute atomic E-state index is 0.0527. The van der Waals surface area contributed by atoms with Crippen molar-refractivity contribution in [2.75, 3.05) is 16.8 Å². The first-order chi connectivity index (χ1) is 11.5. The number of amides is 2. The zero-order valence-corrected chi connectivity index (χ0v) is 16.0. The molecule has 4 nitrogen and oxygen atoms in total. The maximum absolute atomic E-state index is 12.5. The standard InChI is InChI=1S/C18H16ClIN2O2/c1-11-15(19)3-2-4-16(11)22-10-12(9-17(22)23)18(24)21-14-7-5-13(20)6-8-14/h2-8,12H,9-10H2,1H3,(H,21,24)/t12-/m1/s1. The lowest BCUT2D eigenvalue weighted by atomic mass is 10.1. The van der Waals surface area contributed by atoms with Crippen LogP contribution in [-0.2, 0) is 9.59 Å². The van der Waals surface area contributed by atoms with Gasteiger partial charge in [-0.3, -0.25) is 9.59 Å². The van der Waals surface area contributed by atoms with Gasteiger partial charge in [0.05, 0.1) is 5.92 Å². The van der Waals surface area contributed by atoms with E-state index in [0.29, 0.717) is 11.6 Å². The molecule has 1 aliphatic rings. The molecule has 2 aromatic carbocycles. The second-order valence-electron chi connectivity index (χ2n) is 5.79. The van der Waals surface area contributed by atoms with Crippen LogP contribution in [0, 0.1) is 16.4 Å². The first-order valence-electron chi connectivity index (χ1n) is 7.57. The third kappa shape index (κ3) is 3.57. The van der Waals surface area contributed by atoms with Gasteiger partial charge in [-0.15, -0.1) is 0 Å². The number of rotatable bonds is 3. The van der Waals surface area contributed by atoms with Gasteiger partial charge < -0.3 is 10.2 Å². The highest BCUT2D eigenvalue weighted by atomic mass is 127. The van der Waals surface area contributed by atoms with Gasteiger partial charge in [-0.25, -0.2) is 0 Å². The molecule has 124 valence electrons. The van der Waals surface area contributed by atoms with Gasteiger partial charge in [0.1, 0.15) is 0 Å². The Kier molecular flexibility index (Phi) is 5.10. The van der Waals surface area contributed by atoms with Crippen molar-refractivity contribution >= 4 is 57.4 Å². The predicted octanol–water partition coefficient (Wildman–Crippen LogP) is 4.24. The molecule has 0 bridgehead atoms. The van der Waals surface area contributed by atoms with Crippen LogP contribution >= 0.6 is 34.2 Å². The quantitative estimate of drug-likeness (QED) is 0.705. The molecule has 0 radical (unpaired) electrons. The van der Waals surface area contributed by atoms with Crippen LogP contribution < -0.4 is 10.2 Å². The Bertz CT molecular complexity index is 792. The maximum atomic E-state index is 12.5. The predicted molar refractivity (Wildman–Crippen MR) is 104 cm³/mol. The van der Waals surface area contributed by atoms with E-state index in [1.54, 1.807) is 11.0 Å². The second-order valence-corrected chi connectivity index (χ2v) is 7.44. The minimum Gasteiger partial charge on any atom is -0.326 e. The molecular formula is C18H16ClIN2O2. The summed E-state index contributed by atoms with van der Waals surface area (Å²) in [6, 6.07) is 13.0. The van der Waals surface area contributed by atoms with Crippen LogP contribution in [0.25, 0.3) is 0 Å². The smallest absolute Gasteiger partial charge is 0.229 e. The number of halogens is 2. The summed E-state index contributed by atoms with van der Waals surface area (Å²) < 4.78 is 1.10. The molecule has 0 unspecified atom stereocenters. The average molecular weight is 455 g/mol. The van der Waals surface area contributed by atoms with E-state index in [4.69, 9.17) is 11.6 Å². The molecule has 2 amide bonds. The fourth-order valence-electron chi connectivity index (χ4n) is 2.78. The molecule has 6 heteroatoms. The van der Waals surface area contributed by atoms with E-state index in [1.807, 2.05) is 43.3 Å². The summed E-state index contributed by atoms with van der Waals surface area (Å²) in [5, 5.41) is 3.50. The van der Waals surface area contributed by atoms with E-state index in [0.717, 1.165) is 20.5 Å². The number of benzene rings is 2. The molecule has 0 spiro atoms. The van der Waals surface area contributed by atoms with Gasteiger partial charge in [-0.2, -0.15) is 0 Å². The normalized spacial score (nSPS) is 17.2. The first kappa shape index (κ1) is 17.2. The van der Waals surface area contributed by atoms with Crippen molar-refractivity contribution in [1.29, 1.82) is 0 Å². The van der Waals surface area contributed by atoms with Crippen molar-refractivity contribution in [2.24, 2.45) is 5.92 Å². The highest BCUT2D eigenvalue weighted by molar-refractivity contribution is 14.1. The van der Waals surface area contributed by atoms with E-state index >= 15 is 0 Å². The molecule has 0 aromatic heterocycles. The van der Waals surface area contributed by atoms with E-state index in [1.165, 1.54) is 0 Å². The van der Waals surface area contributed by atoms with Crippen LogP contribution in [-0.4, -0.2) is 18.4 Å². The number of anilines is 2. The zero-order chi connectivity index (χ0) is 17.3. The SMILES string of the molecule is Cc1c(Cl)cccc1N1C[C@H](C(=O)Nc2ccc(I)cc2)CC1=O. The summed E-state index contributed by atoms with van der Waals surface area (Å²) in [4.78, 5) is 26.5. The number of carbonyl (C=O) groups is 2. The second kappa shape index (κ2) is 7.11. The first-order valence-corrected chi connectivity index (χ1v) is 9.03. The Morgan fingerprint density at radius 1 is 1.25 bits per heavy atom.